The molecule has 10 nitrogen and oxygen atoms in total. The maximum absolute atomic E-state index is 11.0. The quantitative estimate of drug-likeness (QED) is 0.242. The van der Waals surface area contributed by atoms with Crippen molar-refractivity contribution in [1.29, 1.82) is 0 Å². The van der Waals surface area contributed by atoms with Gasteiger partial charge in [-0.15, -0.1) is 0 Å². The zero-order chi connectivity index (χ0) is 26.4. The molecule has 210 valence electrons. The summed E-state index contributed by atoms with van der Waals surface area (Å²) >= 11 is 0. The van der Waals surface area contributed by atoms with Crippen molar-refractivity contribution in [2.24, 2.45) is 10.8 Å². The second kappa shape index (κ2) is 8.77. The fourth-order valence-corrected chi connectivity index (χ4v) is 9.16. The number of hydrogen-bond donors (Lipinski definition) is 4. The van der Waals surface area contributed by atoms with E-state index in [0.29, 0.717) is 19.4 Å². The summed E-state index contributed by atoms with van der Waals surface area (Å²) in [5.41, 5.74) is -0.922. The van der Waals surface area contributed by atoms with Gasteiger partial charge in [-0.3, -0.25) is 0 Å². The Balaban J connectivity index is 1.12. The molecule has 6 atom stereocenters. The molecule has 4 N–H and O–H groups in total. The summed E-state index contributed by atoms with van der Waals surface area (Å²) in [5.74, 6) is -0.209. The zero-order valence-corrected chi connectivity index (χ0v) is 23.4. The molecule has 6 rings (SSSR count). The first-order valence-corrected chi connectivity index (χ1v) is 15.0. The summed E-state index contributed by atoms with van der Waals surface area (Å²) in [7, 11) is -3.00. The Morgan fingerprint density at radius 3 is 2.11 bits per heavy atom. The molecular formula is C25H45O10P. The predicted molar refractivity (Wildman–Crippen MR) is 131 cm³/mol. The summed E-state index contributed by atoms with van der Waals surface area (Å²) in [6.07, 6.45) is -1.18. The van der Waals surface area contributed by atoms with E-state index in [4.69, 9.17) is 28.0 Å². The van der Waals surface area contributed by atoms with Crippen LogP contribution in [0.3, 0.4) is 0 Å². The summed E-state index contributed by atoms with van der Waals surface area (Å²) in [6.45, 7) is 12.3. The second-order valence-electron chi connectivity index (χ2n) is 13.8. The van der Waals surface area contributed by atoms with Crippen molar-refractivity contribution in [3.63, 3.8) is 0 Å². The zero-order valence-electron chi connectivity index (χ0n) is 22.4. The molecule has 2 heterocycles. The van der Waals surface area contributed by atoms with Crippen molar-refractivity contribution in [3.05, 3.63) is 0 Å². The average molecular weight is 537 g/mol. The Bertz CT molecular complexity index is 821. The number of aliphatic hydroxyl groups excluding tert-OH is 3. The first-order valence-electron chi connectivity index (χ1n) is 13.2. The Morgan fingerprint density at radius 2 is 1.58 bits per heavy atom. The molecular weight excluding hydrogens is 491 g/mol. The van der Waals surface area contributed by atoms with Crippen LogP contribution in [0.2, 0.25) is 0 Å². The van der Waals surface area contributed by atoms with E-state index in [1.807, 2.05) is 13.8 Å². The fourth-order valence-electron chi connectivity index (χ4n) is 7.36. The molecule has 0 aromatic carbocycles. The van der Waals surface area contributed by atoms with Gasteiger partial charge in [0.05, 0.1) is 11.2 Å². The molecule has 2 saturated heterocycles. The first kappa shape index (κ1) is 27.6. The van der Waals surface area contributed by atoms with Crippen LogP contribution in [-0.2, 0) is 28.0 Å². The van der Waals surface area contributed by atoms with Gasteiger partial charge in [0.1, 0.15) is 0 Å². The van der Waals surface area contributed by atoms with Crippen LogP contribution in [0.4, 0.5) is 0 Å². The molecule has 0 amide bonds. The van der Waals surface area contributed by atoms with Gasteiger partial charge in [-0.2, -0.15) is 0 Å². The summed E-state index contributed by atoms with van der Waals surface area (Å²) in [6, 6.07) is 0. The molecule has 0 spiro atoms. The molecule has 2 aliphatic heterocycles. The van der Waals surface area contributed by atoms with Crippen molar-refractivity contribution in [2.75, 3.05) is 19.8 Å². The van der Waals surface area contributed by atoms with Crippen molar-refractivity contribution >= 4 is 7.94 Å². The maximum atomic E-state index is 11.0. The minimum atomic E-state index is -3.00. The van der Waals surface area contributed by atoms with Crippen molar-refractivity contribution < 1.29 is 48.2 Å². The van der Waals surface area contributed by atoms with E-state index in [2.05, 4.69) is 27.7 Å². The Morgan fingerprint density at radius 1 is 0.972 bits per heavy atom. The van der Waals surface area contributed by atoms with E-state index in [1.54, 1.807) is 0 Å². The molecule has 4 aliphatic carbocycles. The van der Waals surface area contributed by atoms with Crippen LogP contribution >= 0.6 is 7.94 Å². The Labute approximate surface area is 214 Å². The third-order valence-corrected chi connectivity index (χ3v) is 10.8. The summed E-state index contributed by atoms with van der Waals surface area (Å²) in [4.78, 5) is 10.3. The van der Waals surface area contributed by atoms with Crippen molar-refractivity contribution in [3.8, 4) is 0 Å². The van der Waals surface area contributed by atoms with Gasteiger partial charge < -0.3 is 4.74 Å². The van der Waals surface area contributed by atoms with Crippen LogP contribution in [0.1, 0.15) is 73.6 Å². The number of rotatable bonds is 10. The van der Waals surface area contributed by atoms with Gasteiger partial charge in [0.15, 0.2) is 0 Å². The summed E-state index contributed by atoms with van der Waals surface area (Å²) in [5, 5.41) is 31.5. The molecule has 6 unspecified atom stereocenters. The Kier molecular flexibility index (Phi) is 6.72. The van der Waals surface area contributed by atoms with Crippen LogP contribution in [-0.4, -0.2) is 93.4 Å². The van der Waals surface area contributed by atoms with Crippen LogP contribution in [0, 0.1) is 10.8 Å². The van der Waals surface area contributed by atoms with Gasteiger partial charge in [0.2, 0.25) is 0 Å². The molecule has 2 bridgehead atoms. The van der Waals surface area contributed by atoms with E-state index in [0.717, 1.165) is 19.3 Å². The first-order chi connectivity index (χ1) is 16.5. The summed E-state index contributed by atoms with van der Waals surface area (Å²) < 4.78 is 35.2. The topological polar surface area (TPSA) is 140 Å². The number of ether oxygens (including phenoxy) is 4. The fraction of sp³-hybridized carbons (Fsp3) is 1.00. The molecule has 0 aromatic heterocycles. The van der Waals surface area contributed by atoms with E-state index in [1.165, 1.54) is 0 Å². The number of hydrogen-bond acceptors (Lipinski definition) is 10. The third kappa shape index (κ3) is 5.13. The molecule has 36 heavy (non-hydrogen) atoms. The molecule has 6 aliphatic rings. The molecule has 4 saturated carbocycles. The third-order valence-electron chi connectivity index (χ3n) is 8.41. The van der Waals surface area contributed by atoms with Crippen molar-refractivity contribution in [2.45, 2.75) is 127 Å². The van der Waals surface area contributed by atoms with Gasteiger partial charge in [0, 0.05) is 0 Å². The predicted octanol–water partition coefficient (Wildman–Crippen LogP) is 2.00. The van der Waals surface area contributed by atoms with Crippen LogP contribution in [0.15, 0.2) is 0 Å². The average Bonchev–Trinajstić information content (AvgIpc) is 3.26. The van der Waals surface area contributed by atoms with Crippen LogP contribution in [0.25, 0.3) is 0 Å². The molecule has 11 heteroatoms. The number of aliphatic hydroxyl groups is 3. The van der Waals surface area contributed by atoms with Gasteiger partial charge in [0.25, 0.3) is 0 Å². The molecule has 6 fully saturated rings. The van der Waals surface area contributed by atoms with Crippen LogP contribution < -0.4 is 0 Å². The van der Waals surface area contributed by atoms with Gasteiger partial charge in [-0.1, -0.05) is 0 Å². The van der Waals surface area contributed by atoms with Gasteiger partial charge in [-0.05, 0) is 40.0 Å². The van der Waals surface area contributed by atoms with E-state index >= 15 is 0 Å². The standard InChI is InChI=1S/C25H45O10P/c1-15-33-36(15,29)35-23(6)8-22(5,9-23)13-30-19-17(27)16(7-26)32-20(18(19)28)31-14-24-10-25(11-24,12-24)34-21(2,3)4/h15-20,26-29,36H,7-14H2,1-6H3. The van der Waals surface area contributed by atoms with E-state index in [-0.39, 0.29) is 34.5 Å². The SMILES string of the molecule is CC1O[PH]1(O)OC1(C)CC(C)(COC2C(O)C(CO)OC(OCC34CC(OC(C)(C)C)(C3)C4)C2O)C1. The monoisotopic (exact) mass is 536 g/mol. The van der Waals surface area contributed by atoms with E-state index in [9.17, 15) is 20.2 Å². The molecule has 0 aromatic rings. The molecule has 0 radical (unpaired) electrons. The second-order valence-corrected chi connectivity index (χ2v) is 16.3. The van der Waals surface area contributed by atoms with E-state index < -0.39 is 50.9 Å². The van der Waals surface area contributed by atoms with Gasteiger partial charge in [-0.25, -0.2) is 0 Å². The van der Waals surface area contributed by atoms with Crippen LogP contribution in [0.5, 0.6) is 0 Å². The van der Waals surface area contributed by atoms with Gasteiger partial charge >= 0.3 is 158 Å². The Hall–Kier alpha value is 0.0300. The minimum absolute atomic E-state index is 0.0372. The normalized spacial score (nSPS) is 52.1. The van der Waals surface area contributed by atoms with Crippen molar-refractivity contribution in [1.82, 2.24) is 0 Å².